The largest absolute Gasteiger partial charge is 0.494 e. The van der Waals surface area contributed by atoms with Gasteiger partial charge in [0, 0.05) is 11.9 Å². The van der Waals surface area contributed by atoms with E-state index in [4.69, 9.17) is 16.3 Å². The van der Waals surface area contributed by atoms with Gasteiger partial charge in [-0.15, -0.1) is 4.91 Å². The molecular formula is C17H15ClN2O3. The molecule has 0 saturated carbocycles. The molecule has 0 unspecified atom stereocenters. The zero-order valence-corrected chi connectivity index (χ0v) is 13.0. The van der Waals surface area contributed by atoms with E-state index in [1.54, 1.807) is 22.8 Å². The fourth-order valence-corrected chi connectivity index (χ4v) is 2.85. The van der Waals surface area contributed by atoms with E-state index in [1.807, 2.05) is 30.3 Å². The highest BCUT2D eigenvalue weighted by Crippen LogP contribution is 2.41. The second kappa shape index (κ2) is 6.71. The molecule has 0 saturated heterocycles. The first kappa shape index (κ1) is 15.4. The van der Waals surface area contributed by atoms with E-state index in [1.165, 1.54) is 0 Å². The minimum Gasteiger partial charge on any atom is -0.494 e. The molecule has 3 aromatic rings. The second-order valence-corrected chi connectivity index (χ2v) is 5.47. The maximum absolute atomic E-state index is 11.0. The lowest BCUT2D eigenvalue weighted by Gasteiger charge is -2.09. The molecule has 0 amide bonds. The van der Waals surface area contributed by atoms with Crippen LogP contribution in [0.3, 0.4) is 0 Å². The normalized spacial score (nSPS) is 10.8. The SMILES string of the molecule is O=Nc1c(O)n(CCCOc2ccccc2)c2c(Cl)cccc12. The maximum atomic E-state index is 11.0. The lowest BCUT2D eigenvalue weighted by Crippen LogP contribution is -2.04. The number of rotatable bonds is 6. The number of halogens is 1. The molecule has 1 heterocycles. The third kappa shape index (κ3) is 3.00. The molecule has 0 aliphatic heterocycles. The monoisotopic (exact) mass is 330 g/mol. The highest BCUT2D eigenvalue weighted by Gasteiger charge is 2.19. The van der Waals surface area contributed by atoms with Gasteiger partial charge in [-0.25, -0.2) is 0 Å². The fraction of sp³-hybridized carbons (Fsp3) is 0.176. The van der Waals surface area contributed by atoms with Crippen molar-refractivity contribution in [2.75, 3.05) is 6.61 Å². The Morgan fingerprint density at radius 1 is 1.13 bits per heavy atom. The number of aryl methyl sites for hydroxylation is 1. The molecule has 6 heteroatoms. The summed E-state index contributed by atoms with van der Waals surface area (Å²) in [7, 11) is 0. The van der Waals surface area contributed by atoms with E-state index in [9.17, 15) is 10.0 Å². The number of aromatic hydroxyl groups is 1. The van der Waals surface area contributed by atoms with E-state index in [2.05, 4.69) is 5.18 Å². The Morgan fingerprint density at radius 2 is 1.91 bits per heavy atom. The van der Waals surface area contributed by atoms with Gasteiger partial charge in [-0.1, -0.05) is 41.9 Å². The van der Waals surface area contributed by atoms with Crippen molar-refractivity contribution >= 4 is 28.2 Å². The molecule has 0 radical (unpaired) electrons. The fourth-order valence-electron chi connectivity index (χ4n) is 2.57. The Kier molecular flexibility index (Phi) is 4.48. The lowest BCUT2D eigenvalue weighted by molar-refractivity contribution is 0.298. The van der Waals surface area contributed by atoms with Crippen molar-refractivity contribution in [2.24, 2.45) is 5.18 Å². The van der Waals surface area contributed by atoms with Crippen LogP contribution in [-0.2, 0) is 6.54 Å². The van der Waals surface area contributed by atoms with Crippen molar-refractivity contribution in [1.29, 1.82) is 0 Å². The molecule has 3 rings (SSSR count). The standard InChI is InChI=1S/C17H15ClN2O3/c18-14-9-4-8-13-15(19-22)17(21)20(16(13)14)10-5-11-23-12-6-2-1-3-7-12/h1-4,6-9,21H,5,10-11H2. The first-order valence-electron chi connectivity index (χ1n) is 7.23. The summed E-state index contributed by atoms with van der Waals surface area (Å²) in [6.45, 7) is 0.950. The average Bonchev–Trinajstić information content (AvgIpc) is 2.85. The third-order valence-corrected chi connectivity index (χ3v) is 3.91. The summed E-state index contributed by atoms with van der Waals surface area (Å²) >= 11 is 6.21. The molecule has 23 heavy (non-hydrogen) atoms. The summed E-state index contributed by atoms with van der Waals surface area (Å²) in [5, 5.41) is 14.2. The third-order valence-electron chi connectivity index (χ3n) is 3.61. The number of fused-ring (bicyclic) bond motifs is 1. The first-order chi connectivity index (χ1) is 11.2. The van der Waals surface area contributed by atoms with Gasteiger partial charge in [-0.2, -0.15) is 0 Å². The molecule has 118 valence electrons. The van der Waals surface area contributed by atoms with Gasteiger partial charge in [0.2, 0.25) is 5.88 Å². The number of para-hydroxylation sites is 2. The van der Waals surface area contributed by atoms with Crippen molar-refractivity contribution in [1.82, 2.24) is 4.57 Å². The molecule has 1 aromatic heterocycles. The quantitative estimate of drug-likeness (QED) is 0.518. The highest BCUT2D eigenvalue weighted by molar-refractivity contribution is 6.35. The second-order valence-electron chi connectivity index (χ2n) is 5.07. The van der Waals surface area contributed by atoms with E-state index in [-0.39, 0.29) is 11.6 Å². The van der Waals surface area contributed by atoms with Crippen LogP contribution in [0.5, 0.6) is 11.6 Å². The predicted octanol–water partition coefficient (Wildman–Crippen LogP) is 4.87. The summed E-state index contributed by atoms with van der Waals surface area (Å²) in [6, 6.07) is 14.7. The summed E-state index contributed by atoms with van der Waals surface area (Å²) in [6.07, 6.45) is 0.649. The van der Waals surface area contributed by atoms with Gasteiger partial charge < -0.3 is 14.4 Å². The molecule has 0 spiro atoms. The van der Waals surface area contributed by atoms with Crippen molar-refractivity contribution < 1.29 is 9.84 Å². The van der Waals surface area contributed by atoms with Crippen LogP contribution in [0.1, 0.15) is 6.42 Å². The van der Waals surface area contributed by atoms with Crippen LogP contribution in [-0.4, -0.2) is 16.3 Å². The van der Waals surface area contributed by atoms with E-state index in [0.717, 1.165) is 5.75 Å². The molecule has 1 N–H and O–H groups in total. The van der Waals surface area contributed by atoms with Crippen LogP contribution in [0.4, 0.5) is 5.69 Å². The van der Waals surface area contributed by atoms with E-state index >= 15 is 0 Å². The molecule has 0 aliphatic rings. The molecule has 0 bridgehead atoms. The summed E-state index contributed by atoms with van der Waals surface area (Å²) in [4.78, 5) is 11.0. The number of hydrogen-bond acceptors (Lipinski definition) is 4. The smallest absolute Gasteiger partial charge is 0.222 e. The van der Waals surface area contributed by atoms with Crippen molar-refractivity contribution in [3.05, 3.63) is 58.5 Å². The van der Waals surface area contributed by atoms with Gasteiger partial charge in [-0.3, -0.25) is 0 Å². The van der Waals surface area contributed by atoms with E-state index in [0.29, 0.717) is 35.5 Å². The van der Waals surface area contributed by atoms with Gasteiger partial charge in [0.05, 0.1) is 17.1 Å². The van der Waals surface area contributed by atoms with Crippen LogP contribution in [0.25, 0.3) is 10.9 Å². The van der Waals surface area contributed by atoms with Crippen LogP contribution in [0.15, 0.2) is 53.7 Å². The number of ether oxygens (including phenoxy) is 1. The summed E-state index contributed by atoms with van der Waals surface area (Å²) in [5.74, 6) is 0.630. The Labute approximate surface area is 138 Å². The molecule has 0 aliphatic carbocycles. The average molecular weight is 331 g/mol. The number of aromatic nitrogens is 1. The Balaban J connectivity index is 1.77. The van der Waals surface area contributed by atoms with Gasteiger partial charge >= 0.3 is 0 Å². The zero-order chi connectivity index (χ0) is 16.2. The molecule has 0 fully saturated rings. The first-order valence-corrected chi connectivity index (χ1v) is 7.61. The van der Waals surface area contributed by atoms with Gasteiger partial charge in [0.25, 0.3) is 0 Å². The predicted molar refractivity (Wildman–Crippen MR) is 90.6 cm³/mol. The minimum atomic E-state index is -0.164. The summed E-state index contributed by atoms with van der Waals surface area (Å²) in [5.41, 5.74) is 0.632. The minimum absolute atomic E-state index is 0.0199. The van der Waals surface area contributed by atoms with Gasteiger partial charge in [0.15, 0.2) is 5.69 Å². The van der Waals surface area contributed by atoms with E-state index < -0.39 is 0 Å². The van der Waals surface area contributed by atoms with Gasteiger partial charge in [0.1, 0.15) is 5.75 Å². The maximum Gasteiger partial charge on any atom is 0.222 e. The Bertz CT molecular complexity index is 831. The van der Waals surface area contributed by atoms with Crippen LogP contribution >= 0.6 is 11.6 Å². The number of nitroso groups, excluding NO2 is 1. The number of nitrogens with zero attached hydrogens (tertiary/aromatic N) is 2. The highest BCUT2D eigenvalue weighted by atomic mass is 35.5. The zero-order valence-electron chi connectivity index (χ0n) is 12.3. The van der Waals surface area contributed by atoms with Crippen molar-refractivity contribution in [2.45, 2.75) is 13.0 Å². The lowest BCUT2D eigenvalue weighted by atomic mass is 10.2. The number of hydrogen-bond donors (Lipinski definition) is 1. The van der Waals surface area contributed by atoms with Gasteiger partial charge in [-0.05, 0) is 29.8 Å². The Morgan fingerprint density at radius 3 is 2.65 bits per heavy atom. The Hall–Kier alpha value is -2.53. The molecule has 2 aromatic carbocycles. The summed E-state index contributed by atoms with van der Waals surface area (Å²) < 4.78 is 7.23. The molecule has 5 nitrogen and oxygen atoms in total. The van der Waals surface area contributed by atoms with Crippen molar-refractivity contribution in [3.63, 3.8) is 0 Å². The van der Waals surface area contributed by atoms with Crippen LogP contribution < -0.4 is 4.74 Å². The topological polar surface area (TPSA) is 63.8 Å². The van der Waals surface area contributed by atoms with Crippen LogP contribution in [0.2, 0.25) is 5.02 Å². The number of benzene rings is 2. The van der Waals surface area contributed by atoms with Crippen molar-refractivity contribution in [3.8, 4) is 11.6 Å². The van der Waals surface area contributed by atoms with Crippen LogP contribution in [0, 0.1) is 4.91 Å². The molecular weight excluding hydrogens is 316 g/mol. The molecule has 0 atom stereocenters.